The minimum absolute atomic E-state index is 0.180. The summed E-state index contributed by atoms with van der Waals surface area (Å²) in [5, 5.41) is 10.8. The van der Waals surface area contributed by atoms with Gasteiger partial charge >= 0.3 is 0 Å². The van der Waals surface area contributed by atoms with Crippen LogP contribution in [0.25, 0.3) is 0 Å². The second kappa shape index (κ2) is 5.21. The summed E-state index contributed by atoms with van der Waals surface area (Å²) in [6.45, 7) is 7.12. The van der Waals surface area contributed by atoms with Crippen LogP contribution in [0.2, 0.25) is 0 Å². The third-order valence-electron chi connectivity index (χ3n) is 4.72. The van der Waals surface area contributed by atoms with Crippen molar-refractivity contribution in [3.63, 3.8) is 0 Å². The highest BCUT2D eigenvalue weighted by Gasteiger charge is 2.65. The predicted octanol–water partition coefficient (Wildman–Crippen LogP) is 1.06. The minimum Gasteiger partial charge on any atom is -0.363 e. The number of alkyl halides is 1. The van der Waals surface area contributed by atoms with Gasteiger partial charge in [-0.2, -0.15) is 0 Å². The zero-order valence-corrected chi connectivity index (χ0v) is 16.1. The number of ether oxygens (including phenoxy) is 5. The Hall–Kier alpha value is -0.100. The van der Waals surface area contributed by atoms with Crippen LogP contribution in [-0.4, -0.2) is 63.2 Å². The van der Waals surface area contributed by atoms with Crippen LogP contribution in [0.15, 0.2) is 11.6 Å². The Kier molecular flexibility index (Phi) is 3.76. The van der Waals surface area contributed by atoms with Gasteiger partial charge in [-0.1, -0.05) is 22.6 Å². The van der Waals surface area contributed by atoms with Crippen molar-refractivity contribution in [2.24, 2.45) is 0 Å². The standard InChI is InChI=1S/C16H21IO7/c1-14(2)20-8-5-7(9(18)11(8)21-14)10-12-13(16(19,6-17)23-10)24-15(3,4)22-12/h5,8,10-13,19H,6H2,1-4H3/t8-,10+,11-,12-,13-,16+/m0/s1. The quantitative estimate of drug-likeness (QED) is 0.496. The van der Waals surface area contributed by atoms with Gasteiger partial charge in [0.05, 0.1) is 4.43 Å². The third-order valence-corrected chi connectivity index (χ3v) is 5.81. The number of aliphatic hydroxyl groups is 1. The first-order valence-electron chi connectivity index (χ1n) is 7.99. The second-order valence-electron chi connectivity index (χ2n) is 7.54. The fraction of sp³-hybridized carbons (Fsp3) is 0.812. The van der Waals surface area contributed by atoms with E-state index in [0.29, 0.717) is 10.0 Å². The normalized spacial score (nSPS) is 48.5. The van der Waals surface area contributed by atoms with Gasteiger partial charge in [-0.05, 0) is 33.8 Å². The van der Waals surface area contributed by atoms with E-state index in [1.807, 2.05) is 22.6 Å². The first-order valence-corrected chi connectivity index (χ1v) is 9.51. The van der Waals surface area contributed by atoms with Gasteiger partial charge in [0.25, 0.3) is 0 Å². The average molecular weight is 452 g/mol. The first kappa shape index (κ1) is 17.3. The van der Waals surface area contributed by atoms with Gasteiger partial charge in [-0.25, -0.2) is 0 Å². The summed E-state index contributed by atoms with van der Waals surface area (Å²) in [6, 6.07) is 0. The molecule has 1 aliphatic carbocycles. The second-order valence-corrected chi connectivity index (χ2v) is 8.31. The maximum atomic E-state index is 12.8. The van der Waals surface area contributed by atoms with E-state index in [0.717, 1.165) is 0 Å². The molecule has 3 heterocycles. The lowest BCUT2D eigenvalue weighted by atomic mass is 9.99. The lowest BCUT2D eigenvalue weighted by molar-refractivity contribution is -0.257. The van der Waals surface area contributed by atoms with E-state index in [2.05, 4.69) is 0 Å². The Labute approximate surface area is 153 Å². The van der Waals surface area contributed by atoms with Crippen molar-refractivity contribution < 1.29 is 33.6 Å². The van der Waals surface area contributed by atoms with Crippen molar-refractivity contribution in [3.05, 3.63) is 11.6 Å². The van der Waals surface area contributed by atoms with Crippen LogP contribution >= 0.6 is 22.6 Å². The molecule has 0 aromatic rings. The molecule has 0 amide bonds. The van der Waals surface area contributed by atoms with Crippen molar-refractivity contribution in [2.45, 2.75) is 75.6 Å². The van der Waals surface area contributed by atoms with Gasteiger partial charge in [-0.3, -0.25) is 4.79 Å². The summed E-state index contributed by atoms with van der Waals surface area (Å²) in [5.74, 6) is -3.31. The Morgan fingerprint density at radius 1 is 1.04 bits per heavy atom. The zero-order valence-electron chi connectivity index (χ0n) is 13.9. The molecule has 0 radical (unpaired) electrons. The van der Waals surface area contributed by atoms with E-state index in [1.165, 1.54) is 0 Å². The molecule has 1 N–H and O–H groups in total. The Balaban J connectivity index is 1.64. The number of fused-ring (bicyclic) bond motifs is 2. The van der Waals surface area contributed by atoms with Gasteiger partial charge in [0.1, 0.15) is 24.4 Å². The van der Waals surface area contributed by atoms with Crippen molar-refractivity contribution in [1.82, 2.24) is 0 Å². The summed E-state index contributed by atoms with van der Waals surface area (Å²) in [4.78, 5) is 12.8. The molecule has 0 spiro atoms. The highest BCUT2D eigenvalue weighted by molar-refractivity contribution is 14.1. The van der Waals surface area contributed by atoms with Crippen molar-refractivity contribution in [3.8, 4) is 0 Å². The molecule has 0 aromatic heterocycles. The lowest BCUT2D eigenvalue weighted by Crippen LogP contribution is -2.44. The molecular weight excluding hydrogens is 431 g/mol. The monoisotopic (exact) mass is 452 g/mol. The van der Waals surface area contributed by atoms with E-state index in [1.54, 1.807) is 33.8 Å². The van der Waals surface area contributed by atoms with Crippen LogP contribution in [0.3, 0.4) is 0 Å². The highest BCUT2D eigenvalue weighted by atomic mass is 127. The number of hydrogen-bond acceptors (Lipinski definition) is 7. The molecule has 3 fully saturated rings. The molecule has 8 heteroatoms. The largest absolute Gasteiger partial charge is 0.363 e. The average Bonchev–Trinajstić information content (AvgIpc) is 3.11. The van der Waals surface area contributed by atoms with Crippen LogP contribution in [0.5, 0.6) is 0 Å². The van der Waals surface area contributed by atoms with Crippen molar-refractivity contribution >= 4 is 28.4 Å². The molecular formula is C16H21IO7. The van der Waals surface area contributed by atoms with Crippen LogP contribution in [0.1, 0.15) is 27.7 Å². The molecule has 0 unspecified atom stereocenters. The number of ketones is 1. The van der Waals surface area contributed by atoms with Gasteiger partial charge in [0, 0.05) is 5.57 Å². The SMILES string of the molecule is CC1(C)O[C@H]2C=C([C@H]3O[C@](O)(CI)[C@H]4OC(C)(C)O[C@@H]34)C(=O)[C@H]2O1. The van der Waals surface area contributed by atoms with Crippen molar-refractivity contribution in [1.29, 1.82) is 0 Å². The predicted molar refractivity (Wildman–Crippen MR) is 89.4 cm³/mol. The molecule has 3 saturated heterocycles. The number of hydrogen-bond donors (Lipinski definition) is 1. The summed E-state index contributed by atoms with van der Waals surface area (Å²) in [5.41, 5.74) is 0.428. The fourth-order valence-corrected chi connectivity index (χ4v) is 4.45. The molecule has 4 aliphatic rings. The Bertz CT molecular complexity index is 616. The molecule has 0 aromatic carbocycles. The zero-order chi connectivity index (χ0) is 17.5. The number of rotatable bonds is 2. The van der Waals surface area contributed by atoms with Crippen LogP contribution in [-0.2, 0) is 28.5 Å². The first-order chi connectivity index (χ1) is 11.1. The maximum Gasteiger partial charge on any atom is 0.205 e. The van der Waals surface area contributed by atoms with E-state index in [-0.39, 0.29) is 5.78 Å². The number of Topliss-reactive ketones (excluding diaryl/α,β-unsaturated/α-hetero) is 1. The molecule has 3 aliphatic heterocycles. The smallest absolute Gasteiger partial charge is 0.205 e. The Morgan fingerprint density at radius 2 is 1.71 bits per heavy atom. The summed E-state index contributed by atoms with van der Waals surface area (Å²) in [6.07, 6.45) is -1.28. The van der Waals surface area contributed by atoms with E-state index >= 15 is 0 Å². The van der Waals surface area contributed by atoms with Gasteiger partial charge in [0.2, 0.25) is 5.79 Å². The van der Waals surface area contributed by atoms with E-state index in [4.69, 9.17) is 23.7 Å². The summed E-state index contributed by atoms with van der Waals surface area (Å²) in [7, 11) is 0. The fourth-order valence-electron chi connectivity index (χ4n) is 3.83. The minimum atomic E-state index is -1.50. The molecule has 0 bridgehead atoms. The number of carbonyl (C=O) groups is 1. The summed E-state index contributed by atoms with van der Waals surface area (Å²) < 4.78 is 29.3. The lowest BCUT2D eigenvalue weighted by Gasteiger charge is -2.29. The van der Waals surface area contributed by atoms with Gasteiger partial charge in [-0.15, -0.1) is 0 Å². The van der Waals surface area contributed by atoms with Gasteiger partial charge < -0.3 is 28.8 Å². The maximum absolute atomic E-state index is 12.8. The van der Waals surface area contributed by atoms with E-state index < -0.39 is 47.9 Å². The topological polar surface area (TPSA) is 83.5 Å². The van der Waals surface area contributed by atoms with Gasteiger partial charge in [0.15, 0.2) is 23.5 Å². The van der Waals surface area contributed by atoms with Crippen molar-refractivity contribution in [2.75, 3.05) is 4.43 Å². The third kappa shape index (κ3) is 2.50. The van der Waals surface area contributed by atoms with Crippen LogP contribution < -0.4 is 0 Å². The molecule has 7 nitrogen and oxygen atoms in total. The van der Waals surface area contributed by atoms with E-state index in [9.17, 15) is 9.90 Å². The number of halogens is 1. The molecule has 24 heavy (non-hydrogen) atoms. The number of carbonyl (C=O) groups excluding carboxylic acids is 1. The highest BCUT2D eigenvalue weighted by Crippen LogP contribution is 2.48. The van der Waals surface area contributed by atoms with Crippen LogP contribution in [0, 0.1) is 0 Å². The molecule has 0 saturated carbocycles. The Morgan fingerprint density at radius 3 is 2.33 bits per heavy atom. The molecule has 4 rings (SSSR count). The van der Waals surface area contributed by atoms with Crippen LogP contribution in [0.4, 0.5) is 0 Å². The molecule has 134 valence electrons. The summed E-state index contributed by atoms with van der Waals surface area (Å²) >= 11 is 2.04. The molecule has 6 atom stereocenters.